The third-order valence-electron chi connectivity index (χ3n) is 7.16. The largest absolute Gasteiger partial charge is 0.497 e. The summed E-state index contributed by atoms with van der Waals surface area (Å²) in [4.78, 5) is 0. The van der Waals surface area contributed by atoms with Gasteiger partial charge in [0.1, 0.15) is 5.75 Å². The number of methoxy groups -OCH3 is 1. The molecule has 0 saturated heterocycles. The van der Waals surface area contributed by atoms with E-state index in [1.54, 1.807) is 18.2 Å². The molecule has 0 radical (unpaired) electrons. The van der Waals surface area contributed by atoms with Crippen molar-refractivity contribution in [2.75, 3.05) is 7.11 Å². The van der Waals surface area contributed by atoms with Crippen molar-refractivity contribution in [3.8, 4) is 5.75 Å². The lowest BCUT2D eigenvalue weighted by Crippen LogP contribution is -2.40. The molecule has 1 nitrogen and oxygen atoms in total. The first-order valence-corrected chi connectivity index (χ1v) is 8.94. The Hall–Kier alpha value is -0.980. The maximum absolute atomic E-state index is 5.42. The van der Waals surface area contributed by atoms with E-state index in [2.05, 4.69) is 25.1 Å². The van der Waals surface area contributed by atoms with Gasteiger partial charge in [-0.15, -0.1) is 0 Å². The van der Waals surface area contributed by atoms with Gasteiger partial charge in [-0.05, 0) is 85.0 Å². The second-order valence-electron chi connectivity index (χ2n) is 7.63. The molecule has 0 N–H and O–H groups in total. The monoisotopic (exact) mass is 284 g/mol. The fourth-order valence-electron chi connectivity index (χ4n) is 6.10. The van der Waals surface area contributed by atoms with Gasteiger partial charge < -0.3 is 4.74 Å². The normalized spacial score (nSPS) is 37.5. The zero-order valence-corrected chi connectivity index (χ0v) is 13.5. The SMILES string of the molecule is CC[C@@]12CCC[C@H]1[C@@H]1CCc3cc(OC)ccc3[C@H]1CC2. The minimum atomic E-state index is 0.713. The summed E-state index contributed by atoms with van der Waals surface area (Å²) in [5.74, 6) is 3.84. The van der Waals surface area contributed by atoms with Crippen LogP contribution in [0.5, 0.6) is 5.75 Å². The summed E-state index contributed by atoms with van der Waals surface area (Å²) >= 11 is 0. The van der Waals surface area contributed by atoms with Gasteiger partial charge in [0.2, 0.25) is 0 Å². The summed E-state index contributed by atoms with van der Waals surface area (Å²) < 4.78 is 5.42. The van der Waals surface area contributed by atoms with Crippen LogP contribution in [0, 0.1) is 17.3 Å². The van der Waals surface area contributed by atoms with Gasteiger partial charge in [-0.3, -0.25) is 0 Å². The molecule has 1 aromatic carbocycles. The molecule has 1 heteroatoms. The quantitative estimate of drug-likeness (QED) is 0.713. The Morgan fingerprint density at radius 3 is 2.90 bits per heavy atom. The van der Waals surface area contributed by atoms with Gasteiger partial charge in [-0.25, -0.2) is 0 Å². The van der Waals surface area contributed by atoms with E-state index >= 15 is 0 Å². The van der Waals surface area contributed by atoms with Crippen LogP contribution in [0.3, 0.4) is 0 Å². The van der Waals surface area contributed by atoms with Crippen molar-refractivity contribution in [2.45, 2.75) is 64.2 Å². The van der Waals surface area contributed by atoms with Gasteiger partial charge in [-0.2, -0.15) is 0 Å². The molecular formula is C20H28O. The van der Waals surface area contributed by atoms with Crippen LogP contribution in [-0.2, 0) is 6.42 Å². The third kappa shape index (κ3) is 1.96. The Morgan fingerprint density at radius 1 is 1.19 bits per heavy atom. The van der Waals surface area contributed by atoms with E-state index in [1.165, 1.54) is 51.4 Å². The molecule has 21 heavy (non-hydrogen) atoms. The van der Waals surface area contributed by atoms with Crippen LogP contribution in [0.1, 0.15) is 68.9 Å². The van der Waals surface area contributed by atoms with Gasteiger partial charge in [0, 0.05) is 0 Å². The smallest absolute Gasteiger partial charge is 0.119 e. The molecule has 0 spiro atoms. The maximum atomic E-state index is 5.42. The summed E-state index contributed by atoms with van der Waals surface area (Å²) in [5, 5.41) is 0. The van der Waals surface area contributed by atoms with Gasteiger partial charge in [0.15, 0.2) is 0 Å². The van der Waals surface area contributed by atoms with Crippen molar-refractivity contribution in [3.63, 3.8) is 0 Å². The molecule has 4 atom stereocenters. The Balaban J connectivity index is 1.68. The van der Waals surface area contributed by atoms with Gasteiger partial charge in [0.05, 0.1) is 7.11 Å². The number of rotatable bonds is 2. The third-order valence-corrected chi connectivity index (χ3v) is 7.16. The molecular weight excluding hydrogens is 256 g/mol. The number of fused-ring (bicyclic) bond motifs is 5. The molecule has 3 aliphatic carbocycles. The fraction of sp³-hybridized carbons (Fsp3) is 0.700. The van der Waals surface area contributed by atoms with E-state index in [1.807, 2.05) is 0 Å². The highest BCUT2D eigenvalue weighted by Gasteiger charge is 2.51. The Morgan fingerprint density at radius 2 is 2.10 bits per heavy atom. The molecule has 0 aliphatic heterocycles. The number of hydrogen-bond donors (Lipinski definition) is 0. The molecule has 0 bridgehead atoms. The molecule has 0 amide bonds. The van der Waals surface area contributed by atoms with Crippen LogP contribution < -0.4 is 4.74 Å². The second kappa shape index (κ2) is 5.04. The predicted molar refractivity (Wildman–Crippen MR) is 86.8 cm³/mol. The first kappa shape index (κ1) is 13.7. The zero-order valence-electron chi connectivity index (χ0n) is 13.5. The van der Waals surface area contributed by atoms with Crippen molar-refractivity contribution < 1.29 is 4.74 Å². The highest BCUT2D eigenvalue weighted by atomic mass is 16.5. The van der Waals surface area contributed by atoms with E-state index in [4.69, 9.17) is 4.74 Å². The molecule has 0 unspecified atom stereocenters. The summed E-state index contributed by atoms with van der Waals surface area (Å²) in [6.07, 6.45) is 11.5. The summed E-state index contributed by atoms with van der Waals surface area (Å²) in [7, 11) is 1.78. The van der Waals surface area contributed by atoms with Gasteiger partial charge in [0.25, 0.3) is 0 Å². The number of hydrogen-bond acceptors (Lipinski definition) is 1. The fourth-order valence-corrected chi connectivity index (χ4v) is 6.10. The van der Waals surface area contributed by atoms with Gasteiger partial charge >= 0.3 is 0 Å². The molecule has 2 fully saturated rings. The van der Waals surface area contributed by atoms with Crippen LogP contribution >= 0.6 is 0 Å². The number of benzene rings is 1. The minimum Gasteiger partial charge on any atom is -0.497 e. The Labute approximate surface area is 129 Å². The summed E-state index contributed by atoms with van der Waals surface area (Å²) in [6.45, 7) is 2.44. The predicted octanol–water partition coefficient (Wildman–Crippen LogP) is 5.33. The lowest BCUT2D eigenvalue weighted by molar-refractivity contribution is 0.0409. The average molecular weight is 284 g/mol. The molecule has 2 saturated carbocycles. The number of aryl methyl sites for hydroxylation is 1. The van der Waals surface area contributed by atoms with Crippen molar-refractivity contribution >= 4 is 0 Å². The first-order chi connectivity index (χ1) is 10.3. The minimum absolute atomic E-state index is 0.713. The highest BCUT2D eigenvalue weighted by Crippen LogP contribution is 2.62. The average Bonchev–Trinajstić information content (AvgIpc) is 2.98. The standard InChI is InChI=1S/C20H28O/c1-3-20-11-4-5-19(20)18-8-6-14-13-15(21-2)7-9-16(14)17(18)10-12-20/h7,9,13,17-19H,3-6,8,10-12H2,1-2H3/t17-,18-,19+,20+/m1/s1. The first-order valence-electron chi connectivity index (χ1n) is 8.94. The van der Waals surface area contributed by atoms with Crippen LogP contribution in [0.4, 0.5) is 0 Å². The van der Waals surface area contributed by atoms with Crippen molar-refractivity contribution in [1.29, 1.82) is 0 Å². The van der Waals surface area contributed by atoms with Gasteiger partial charge in [-0.1, -0.05) is 25.8 Å². The Bertz CT molecular complexity index is 535. The van der Waals surface area contributed by atoms with E-state index in [-0.39, 0.29) is 0 Å². The van der Waals surface area contributed by atoms with E-state index in [0.29, 0.717) is 5.41 Å². The summed E-state index contributed by atoms with van der Waals surface area (Å²) in [5.41, 5.74) is 3.94. The molecule has 3 aliphatic rings. The highest BCUT2D eigenvalue weighted by molar-refractivity contribution is 5.40. The zero-order chi connectivity index (χ0) is 14.4. The van der Waals surface area contributed by atoms with Crippen molar-refractivity contribution in [1.82, 2.24) is 0 Å². The molecule has 0 heterocycles. The number of ether oxygens (including phenoxy) is 1. The molecule has 4 rings (SSSR count). The second-order valence-corrected chi connectivity index (χ2v) is 7.63. The molecule has 1 aromatic rings. The van der Waals surface area contributed by atoms with Crippen molar-refractivity contribution in [2.24, 2.45) is 17.3 Å². The van der Waals surface area contributed by atoms with Crippen molar-refractivity contribution in [3.05, 3.63) is 29.3 Å². The molecule has 114 valence electrons. The van der Waals surface area contributed by atoms with Crippen LogP contribution in [0.15, 0.2) is 18.2 Å². The lowest BCUT2D eigenvalue weighted by atomic mass is 9.54. The van der Waals surface area contributed by atoms with E-state index in [9.17, 15) is 0 Å². The van der Waals surface area contributed by atoms with Crippen LogP contribution in [-0.4, -0.2) is 7.11 Å². The van der Waals surface area contributed by atoms with Crippen LogP contribution in [0.2, 0.25) is 0 Å². The maximum Gasteiger partial charge on any atom is 0.119 e. The van der Waals surface area contributed by atoms with Crippen LogP contribution in [0.25, 0.3) is 0 Å². The lowest BCUT2D eigenvalue weighted by Gasteiger charge is -2.50. The molecule has 0 aromatic heterocycles. The topological polar surface area (TPSA) is 9.23 Å². The van der Waals surface area contributed by atoms with E-state index in [0.717, 1.165) is 23.5 Å². The van der Waals surface area contributed by atoms with E-state index < -0.39 is 0 Å². The summed E-state index contributed by atoms with van der Waals surface area (Å²) in [6, 6.07) is 6.85. The Kier molecular flexibility index (Phi) is 3.28.